The third-order valence-corrected chi connectivity index (χ3v) is 5.60. The van der Waals surface area contributed by atoms with Gasteiger partial charge in [-0.1, -0.05) is 35.2 Å². The normalized spacial score (nSPS) is 18.4. The standard InChI is InChI=1S/C14H17BrClFO3S/c15-11-4-5-13(12(17)8-11)20-9-14(10-21(16,18)19)6-2-1-3-7-14/h4-5,8H,1-3,6-7,9-10H2. The Balaban J connectivity index is 2.12. The van der Waals surface area contributed by atoms with E-state index in [1.54, 1.807) is 6.07 Å². The molecule has 1 aromatic rings. The van der Waals surface area contributed by atoms with Gasteiger partial charge >= 0.3 is 0 Å². The van der Waals surface area contributed by atoms with Crippen molar-refractivity contribution in [2.45, 2.75) is 32.1 Å². The van der Waals surface area contributed by atoms with E-state index in [4.69, 9.17) is 15.4 Å². The Labute approximate surface area is 137 Å². The van der Waals surface area contributed by atoms with E-state index in [2.05, 4.69) is 15.9 Å². The second-order valence-corrected chi connectivity index (χ2v) is 9.30. The van der Waals surface area contributed by atoms with Gasteiger partial charge in [0.25, 0.3) is 0 Å². The van der Waals surface area contributed by atoms with Crippen molar-refractivity contribution >= 4 is 35.7 Å². The van der Waals surface area contributed by atoms with Gasteiger partial charge in [-0.15, -0.1) is 0 Å². The molecule has 0 radical (unpaired) electrons. The molecule has 118 valence electrons. The van der Waals surface area contributed by atoms with Crippen molar-refractivity contribution in [3.8, 4) is 5.75 Å². The van der Waals surface area contributed by atoms with E-state index in [0.29, 0.717) is 4.47 Å². The summed E-state index contributed by atoms with van der Waals surface area (Å²) in [6.07, 6.45) is 4.43. The van der Waals surface area contributed by atoms with Gasteiger partial charge in [0.1, 0.15) is 0 Å². The average Bonchev–Trinajstić information content (AvgIpc) is 2.37. The first-order chi connectivity index (χ1) is 9.80. The van der Waals surface area contributed by atoms with Crippen LogP contribution in [0.2, 0.25) is 0 Å². The zero-order chi connectivity index (χ0) is 15.5. The maximum atomic E-state index is 13.8. The van der Waals surface area contributed by atoms with Crippen LogP contribution >= 0.6 is 26.6 Å². The molecule has 1 aliphatic carbocycles. The third-order valence-electron chi connectivity index (χ3n) is 3.82. The van der Waals surface area contributed by atoms with Crippen LogP contribution in [0, 0.1) is 11.2 Å². The van der Waals surface area contributed by atoms with Crippen LogP contribution in [0.25, 0.3) is 0 Å². The molecule has 21 heavy (non-hydrogen) atoms. The number of hydrogen-bond donors (Lipinski definition) is 0. The fourth-order valence-electron chi connectivity index (χ4n) is 2.82. The van der Waals surface area contributed by atoms with Gasteiger partial charge in [0.05, 0.1) is 12.4 Å². The molecule has 0 unspecified atom stereocenters. The lowest BCUT2D eigenvalue weighted by atomic mass is 9.76. The van der Waals surface area contributed by atoms with E-state index in [0.717, 1.165) is 32.1 Å². The number of hydrogen-bond acceptors (Lipinski definition) is 3. The van der Waals surface area contributed by atoms with Crippen molar-refractivity contribution in [2.75, 3.05) is 12.4 Å². The molecular weight excluding hydrogens is 383 g/mol. The summed E-state index contributed by atoms with van der Waals surface area (Å²) in [4.78, 5) is 0. The van der Waals surface area contributed by atoms with E-state index >= 15 is 0 Å². The summed E-state index contributed by atoms with van der Waals surface area (Å²) in [7, 11) is 1.81. The van der Waals surface area contributed by atoms with Crippen LogP contribution in [-0.4, -0.2) is 20.8 Å². The summed E-state index contributed by atoms with van der Waals surface area (Å²) < 4.78 is 42.9. The van der Waals surface area contributed by atoms with Crippen LogP contribution in [0.1, 0.15) is 32.1 Å². The van der Waals surface area contributed by atoms with Gasteiger partial charge < -0.3 is 4.74 Å². The van der Waals surface area contributed by atoms with Crippen LogP contribution in [0.3, 0.4) is 0 Å². The molecule has 0 amide bonds. The van der Waals surface area contributed by atoms with Crippen LogP contribution in [0.5, 0.6) is 5.75 Å². The van der Waals surface area contributed by atoms with E-state index in [1.807, 2.05) is 0 Å². The van der Waals surface area contributed by atoms with Crippen LogP contribution in [-0.2, 0) is 9.05 Å². The van der Waals surface area contributed by atoms with Crippen molar-refractivity contribution in [3.05, 3.63) is 28.5 Å². The van der Waals surface area contributed by atoms with Crippen molar-refractivity contribution in [1.29, 1.82) is 0 Å². The van der Waals surface area contributed by atoms with Crippen LogP contribution in [0.4, 0.5) is 4.39 Å². The van der Waals surface area contributed by atoms with Gasteiger partial charge in [0.2, 0.25) is 9.05 Å². The third kappa shape index (κ3) is 5.11. The lowest BCUT2D eigenvalue weighted by Gasteiger charge is -2.35. The second-order valence-electron chi connectivity index (χ2n) is 5.61. The maximum absolute atomic E-state index is 13.8. The molecule has 0 spiro atoms. The second kappa shape index (κ2) is 6.84. The van der Waals surface area contributed by atoms with Gasteiger partial charge in [-0.05, 0) is 31.0 Å². The number of rotatable bonds is 5. The largest absolute Gasteiger partial charge is 0.490 e. The topological polar surface area (TPSA) is 43.4 Å². The number of halogens is 3. The molecule has 1 aromatic carbocycles. The SMILES string of the molecule is O=S(=O)(Cl)CC1(COc2ccc(Br)cc2F)CCCCC1. The first kappa shape index (κ1) is 17.0. The minimum atomic E-state index is -3.61. The summed E-state index contributed by atoms with van der Waals surface area (Å²) in [6, 6.07) is 4.54. The van der Waals surface area contributed by atoms with Crippen molar-refractivity contribution in [2.24, 2.45) is 5.41 Å². The lowest BCUT2D eigenvalue weighted by Crippen LogP contribution is -2.37. The molecule has 0 bridgehead atoms. The van der Waals surface area contributed by atoms with Crippen molar-refractivity contribution < 1.29 is 17.5 Å². The average molecular weight is 400 g/mol. The van der Waals surface area contributed by atoms with E-state index in [1.165, 1.54) is 12.1 Å². The monoisotopic (exact) mass is 398 g/mol. The van der Waals surface area contributed by atoms with Gasteiger partial charge in [0, 0.05) is 20.6 Å². The summed E-state index contributed by atoms with van der Waals surface area (Å²) in [6.45, 7) is 0.164. The predicted octanol–water partition coefficient (Wildman–Crippen LogP) is 4.49. The Kier molecular flexibility index (Phi) is 5.54. The van der Waals surface area contributed by atoms with Crippen molar-refractivity contribution in [3.63, 3.8) is 0 Å². The number of benzene rings is 1. The molecule has 0 N–H and O–H groups in total. The van der Waals surface area contributed by atoms with Gasteiger partial charge in [0.15, 0.2) is 11.6 Å². The minimum Gasteiger partial charge on any atom is -0.490 e. The van der Waals surface area contributed by atoms with Crippen LogP contribution in [0.15, 0.2) is 22.7 Å². The quantitative estimate of drug-likeness (QED) is 0.685. The highest BCUT2D eigenvalue weighted by Crippen LogP contribution is 2.39. The smallest absolute Gasteiger partial charge is 0.233 e. The maximum Gasteiger partial charge on any atom is 0.233 e. The predicted molar refractivity (Wildman–Crippen MR) is 84.8 cm³/mol. The van der Waals surface area contributed by atoms with E-state index in [-0.39, 0.29) is 18.1 Å². The van der Waals surface area contributed by atoms with E-state index < -0.39 is 20.3 Å². The zero-order valence-corrected chi connectivity index (χ0v) is 14.6. The Morgan fingerprint density at radius 2 is 1.95 bits per heavy atom. The van der Waals surface area contributed by atoms with E-state index in [9.17, 15) is 12.8 Å². The molecule has 0 aliphatic heterocycles. The Hall–Kier alpha value is -0.330. The summed E-state index contributed by atoms with van der Waals surface area (Å²) in [5.74, 6) is -0.459. The first-order valence-electron chi connectivity index (χ1n) is 6.80. The molecule has 0 heterocycles. The van der Waals surface area contributed by atoms with Gasteiger partial charge in [-0.25, -0.2) is 12.8 Å². The Bertz CT molecular complexity index is 600. The molecule has 3 nitrogen and oxygen atoms in total. The summed E-state index contributed by atoms with van der Waals surface area (Å²) >= 11 is 3.18. The highest BCUT2D eigenvalue weighted by atomic mass is 79.9. The van der Waals surface area contributed by atoms with Gasteiger partial charge in [-0.3, -0.25) is 0 Å². The molecule has 1 aliphatic rings. The molecule has 7 heteroatoms. The fraction of sp³-hybridized carbons (Fsp3) is 0.571. The minimum absolute atomic E-state index is 0.125. The van der Waals surface area contributed by atoms with Crippen LogP contribution < -0.4 is 4.74 Å². The zero-order valence-electron chi connectivity index (χ0n) is 11.4. The molecule has 2 rings (SSSR count). The Morgan fingerprint density at radius 3 is 2.52 bits per heavy atom. The lowest BCUT2D eigenvalue weighted by molar-refractivity contribution is 0.116. The molecular formula is C14H17BrClFO3S. The van der Waals surface area contributed by atoms with Gasteiger partial charge in [-0.2, -0.15) is 0 Å². The molecule has 1 fully saturated rings. The number of ether oxygens (including phenoxy) is 1. The fourth-order valence-corrected chi connectivity index (χ4v) is 4.95. The van der Waals surface area contributed by atoms with Crippen molar-refractivity contribution in [1.82, 2.24) is 0 Å². The summed E-state index contributed by atoms with van der Waals surface area (Å²) in [5, 5.41) is 0. The molecule has 0 aromatic heterocycles. The highest BCUT2D eigenvalue weighted by molar-refractivity contribution is 9.10. The molecule has 0 atom stereocenters. The summed E-state index contributed by atoms with van der Waals surface area (Å²) in [5.41, 5.74) is -0.516. The molecule has 0 saturated heterocycles. The highest BCUT2D eigenvalue weighted by Gasteiger charge is 2.37. The Morgan fingerprint density at radius 1 is 1.29 bits per heavy atom. The first-order valence-corrected chi connectivity index (χ1v) is 10.1. The molecule has 1 saturated carbocycles.